The summed E-state index contributed by atoms with van der Waals surface area (Å²) in [7, 11) is 2.22. The normalized spacial score (nSPS) is 22.6. The molecule has 0 atom stereocenters. The number of anilines is 1. The van der Waals surface area contributed by atoms with E-state index in [9.17, 15) is 0 Å². The van der Waals surface area contributed by atoms with E-state index in [4.69, 9.17) is 0 Å². The average Bonchev–Trinajstić information content (AvgIpc) is 3.24. The number of nitrogens with zero attached hydrogens (tertiary/aromatic N) is 2. The molecule has 1 saturated heterocycles. The Morgan fingerprint density at radius 1 is 1.29 bits per heavy atom. The lowest BCUT2D eigenvalue weighted by Gasteiger charge is -2.46. The molecule has 1 aromatic rings. The number of hydrogen-bond donors (Lipinski definition) is 1. The average molecular weight is 352 g/mol. The molecule has 0 spiro atoms. The minimum absolute atomic E-state index is 0.226. The van der Waals surface area contributed by atoms with Gasteiger partial charge in [0.15, 0.2) is 0 Å². The molecule has 3 nitrogen and oxygen atoms in total. The minimum atomic E-state index is 0.226. The summed E-state index contributed by atoms with van der Waals surface area (Å²) in [5.74, 6) is 0. The highest BCUT2D eigenvalue weighted by Crippen LogP contribution is 2.31. The first-order chi connectivity index (χ1) is 9.95. The summed E-state index contributed by atoms with van der Waals surface area (Å²) in [6.45, 7) is 8.91. The van der Waals surface area contributed by atoms with E-state index in [2.05, 4.69) is 70.1 Å². The maximum absolute atomic E-state index is 3.77. The summed E-state index contributed by atoms with van der Waals surface area (Å²) in [6.07, 6.45) is 2.69. The van der Waals surface area contributed by atoms with Gasteiger partial charge in [-0.25, -0.2) is 0 Å². The third-order valence-corrected chi connectivity index (χ3v) is 5.48. The molecule has 1 N–H and O–H groups in total. The lowest BCUT2D eigenvalue weighted by atomic mass is 9.99. The van der Waals surface area contributed by atoms with Crippen LogP contribution in [0.2, 0.25) is 0 Å². The SMILES string of the molecule is CN1CCN(c2ccc(CNC3CC3)cc2Br)CC1(C)C. The Morgan fingerprint density at radius 2 is 2.05 bits per heavy atom. The van der Waals surface area contributed by atoms with Crippen molar-refractivity contribution in [3.05, 3.63) is 28.2 Å². The Hall–Kier alpha value is -0.580. The lowest BCUT2D eigenvalue weighted by Crippen LogP contribution is -2.57. The predicted octanol–water partition coefficient (Wildman–Crippen LogP) is 3.23. The number of halogens is 1. The van der Waals surface area contributed by atoms with Gasteiger partial charge in [-0.15, -0.1) is 0 Å². The Bertz CT molecular complexity index is 511. The van der Waals surface area contributed by atoms with Crippen LogP contribution in [0.25, 0.3) is 0 Å². The summed E-state index contributed by atoms with van der Waals surface area (Å²) in [6, 6.07) is 7.58. The third kappa shape index (κ3) is 3.61. The number of hydrogen-bond acceptors (Lipinski definition) is 3. The number of likely N-dealkylation sites (N-methyl/N-ethyl adjacent to an activating group) is 1. The van der Waals surface area contributed by atoms with E-state index in [-0.39, 0.29) is 5.54 Å². The Kier molecular flexibility index (Phi) is 4.30. The molecule has 1 saturated carbocycles. The fourth-order valence-electron chi connectivity index (χ4n) is 2.91. The highest BCUT2D eigenvalue weighted by atomic mass is 79.9. The van der Waals surface area contributed by atoms with Gasteiger partial charge in [-0.3, -0.25) is 4.90 Å². The van der Waals surface area contributed by atoms with Crippen LogP contribution in [0.15, 0.2) is 22.7 Å². The topological polar surface area (TPSA) is 18.5 Å². The Morgan fingerprint density at radius 3 is 2.67 bits per heavy atom. The smallest absolute Gasteiger partial charge is 0.0511 e. The fourth-order valence-corrected chi connectivity index (χ4v) is 3.59. The van der Waals surface area contributed by atoms with E-state index >= 15 is 0 Å². The van der Waals surface area contributed by atoms with E-state index in [0.717, 1.165) is 32.2 Å². The van der Waals surface area contributed by atoms with Crippen molar-refractivity contribution < 1.29 is 0 Å². The van der Waals surface area contributed by atoms with Crippen molar-refractivity contribution in [3.63, 3.8) is 0 Å². The Balaban J connectivity index is 1.70. The van der Waals surface area contributed by atoms with Gasteiger partial charge in [0.2, 0.25) is 0 Å². The van der Waals surface area contributed by atoms with Crippen molar-refractivity contribution in [2.24, 2.45) is 0 Å². The molecule has 0 unspecified atom stereocenters. The zero-order chi connectivity index (χ0) is 15.0. The van der Waals surface area contributed by atoms with E-state index in [1.807, 2.05) is 0 Å². The minimum Gasteiger partial charge on any atom is -0.368 e. The van der Waals surface area contributed by atoms with Crippen LogP contribution >= 0.6 is 15.9 Å². The van der Waals surface area contributed by atoms with Crippen LogP contribution in [0, 0.1) is 0 Å². The molecule has 2 aliphatic rings. The van der Waals surface area contributed by atoms with Crippen molar-refractivity contribution in [1.29, 1.82) is 0 Å². The summed E-state index contributed by atoms with van der Waals surface area (Å²) >= 11 is 3.77. The molecule has 1 heterocycles. The van der Waals surface area contributed by atoms with Crippen molar-refractivity contribution in [2.45, 2.75) is 44.8 Å². The van der Waals surface area contributed by atoms with Crippen LogP contribution in [0.3, 0.4) is 0 Å². The summed E-state index contributed by atoms with van der Waals surface area (Å²) < 4.78 is 1.22. The first-order valence-electron chi connectivity index (χ1n) is 7.94. The highest BCUT2D eigenvalue weighted by molar-refractivity contribution is 9.10. The van der Waals surface area contributed by atoms with Gasteiger partial charge >= 0.3 is 0 Å². The third-order valence-electron chi connectivity index (χ3n) is 4.84. The van der Waals surface area contributed by atoms with Crippen LogP contribution in [-0.2, 0) is 6.54 Å². The van der Waals surface area contributed by atoms with Gasteiger partial charge in [0.1, 0.15) is 0 Å². The van der Waals surface area contributed by atoms with Gasteiger partial charge < -0.3 is 10.2 Å². The van der Waals surface area contributed by atoms with Gasteiger partial charge in [0.25, 0.3) is 0 Å². The molecule has 3 rings (SSSR count). The van der Waals surface area contributed by atoms with Crippen molar-refractivity contribution in [2.75, 3.05) is 31.6 Å². The monoisotopic (exact) mass is 351 g/mol. The van der Waals surface area contributed by atoms with Crippen LogP contribution in [0.5, 0.6) is 0 Å². The van der Waals surface area contributed by atoms with Crippen LogP contribution in [-0.4, -0.2) is 43.2 Å². The van der Waals surface area contributed by atoms with Crippen molar-refractivity contribution >= 4 is 21.6 Å². The van der Waals surface area contributed by atoms with Crippen LogP contribution in [0.1, 0.15) is 32.3 Å². The molecule has 0 aromatic heterocycles. The first kappa shape index (κ1) is 15.3. The second kappa shape index (κ2) is 5.90. The van der Waals surface area contributed by atoms with Gasteiger partial charge in [0, 0.05) is 42.2 Å². The van der Waals surface area contributed by atoms with Gasteiger partial charge in [-0.05, 0) is 67.4 Å². The molecular formula is C17H26BrN3. The summed E-state index contributed by atoms with van der Waals surface area (Å²) in [5, 5.41) is 3.58. The molecule has 1 aliphatic heterocycles. The van der Waals surface area contributed by atoms with Gasteiger partial charge in [-0.1, -0.05) is 6.07 Å². The number of rotatable bonds is 4. The molecule has 0 radical (unpaired) electrons. The summed E-state index contributed by atoms with van der Waals surface area (Å²) in [5.41, 5.74) is 2.92. The van der Waals surface area contributed by atoms with E-state index in [0.29, 0.717) is 0 Å². The van der Waals surface area contributed by atoms with Crippen LogP contribution < -0.4 is 10.2 Å². The van der Waals surface area contributed by atoms with Gasteiger partial charge in [0.05, 0.1) is 5.69 Å². The quantitative estimate of drug-likeness (QED) is 0.898. The van der Waals surface area contributed by atoms with Gasteiger partial charge in [-0.2, -0.15) is 0 Å². The van der Waals surface area contributed by atoms with E-state index in [1.54, 1.807) is 0 Å². The second-order valence-corrected chi connectivity index (χ2v) is 7.95. The zero-order valence-corrected chi connectivity index (χ0v) is 14.9. The molecule has 0 bridgehead atoms. The molecule has 1 aliphatic carbocycles. The van der Waals surface area contributed by atoms with Crippen molar-refractivity contribution in [1.82, 2.24) is 10.2 Å². The number of benzene rings is 1. The van der Waals surface area contributed by atoms with Crippen LogP contribution in [0.4, 0.5) is 5.69 Å². The highest BCUT2D eigenvalue weighted by Gasteiger charge is 2.31. The van der Waals surface area contributed by atoms with Crippen molar-refractivity contribution in [3.8, 4) is 0 Å². The maximum atomic E-state index is 3.77. The standard InChI is InChI=1S/C17H26BrN3/c1-17(2)12-21(9-8-20(17)3)16-7-4-13(10-15(16)18)11-19-14-5-6-14/h4,7,10,14,19H,5-6,8-9,11-12H2,1-3H3. The number of nitrogens with one attached hydrogen (secondary N) is 1. The number of piperazine rings is 1. The largest absolute Gasteiger partial charge is 0.368 e. The Labute approximate surface area is 136 Å². The zero-order valence-electron chi connectivity index (χ0n) is 13.3. The molecular weight excluding hydrogens is 326 g/mol. The molecule has 1 aromatic carbocycles. The molecule has 4 heteroatoms. The second-order valence-electron chi connectivity index (χ2n) is 7.10. The molecule has 2 fully saturated rings. The summed E-state index contributed by atoms with van der Waals surface area (Å²) in [4.78, 5) is 4.95. The predicted molar refractivity (Wildman–Crippen MR) is 92.9 cm³/mol. The molecule has 116 valence electrons. The molecule has 21 heavy (non-hydrogen) atoms. The molecule has 0 amide bonds. The first-order valence-corrected chi connectivity index (χ1v) is 8.73. The lowest BCUT2D eigenvalue weighted by molar-refractivity contribution is 0.139. The van der Waals surface area contributed by atoms with E-state index in [1.165, 1.54) is 28.6 Å². The fraction of sp³-hybridized carbons (Fsp3) is 0.647. The van der Waals surface area contributed by atoms with E-state index < -0.39 is 0 Å². The maximum Gasteiger partial charge on any atom is 0.0511 e.